The Balaban J connectivity index is 1.48. The largest absolute Gasteiger partial charge is 0.368 e. The summed E-state index contributed by atoms with van der Waals surface area (Å²) in [4.78, 5) is 31.8. The van der Waals surface area contributed by atoms with Crippen molar-refractivity contribution in [1.82, 2.24) is 19.9 Å². The fraction of sp³-hybridized carbons (Fsp3) is 0.294. The van der Waals surface area contributed by atoms with Gasteiger partial charge in [0, 0.05) is 37.4 Å². The Morgan fingerprint density at radius 3 is 2.42 bits per heavy atom. The Kier molecular flexibility index (Phi) is 3.60. The molecule has 0 bridgehead atoms. The lowest BCUT2D eigenvalue weighted by Crippen LogP contribution is -2.47. The molecule has 3 aromatic rings. The zero-order chi connectivity index (χ0) is 16.5. The molecule has 7 heteroatoms. The van der Waals surface area contributed by atoms with Crippen LogP contribution in [0.3, 0.4) is 0 Å². The number of H-pyrrole nitrogens is 1. The first-order valence-corrected chi connectivity index (χ1v) is 7.97. The maximum absolute atomic E-state index is 11.4. The lowest BCUT2D eigenvalue weighted by molar-refractivity contribution is 0.101. The number of imidazole rings is 1. The summed E-state index contributed by atoms with van der Waals surface area (Å²) in [6.45, 7) is 5.14. The van der Waals surface area contributed by atoms with Crippen LogP contribution in [0.2, 0.25) is 0 Å². The van der Waals surface area contributed by atoms with Gasteiger partial charge in [0.15, 0.2) is 17.2 Å². The molecule has 122 valence electrons. The molecule has 0 atom stereocenters. The number of piperazine rings is 1. The summed E-state index contributed by atoms with van der Waals surface area (Å²) >= 11 is 0. The average Bonchev–Trinajstić information content (AvgIpc) is 3.11. The quantitative estimate of drug-likeness (QED) is 0.742. The molecule has 2 aromatic heterocycles. The van der Waals surface area contributed by atoms with Gasteiger partial charge < -0.3 is 14.8 Å². The molecule has 0 aliphatic carbocycles. The lowest BCUT2D eigenvalue weighted by Gasteiger charge is -2.36. The monoisotopic (exact) mass is 322 g/mol. The van der Waals surface area contributed by atoms with E-state index in [9.17, 15) is 4.79 Å². The summed E-state index contributed by atoms with van der Waals surface area (Å²) in [6, 6.07) is 7.82. The summed E-state index contributed by atoms with van der Waals surface area (Å²) in [5.41, 5.74) is 3.48. The molecule has 0 radical (unpaired) electrons. The van der Waals surface area contributed by atoms with Gasteiger partial charge in [-0.25, -0.2) is 15.0 Å². The van der Waals surface area contributed by atoms with Crippen molar-refractivity contribution in [2.45, 2.75) is 6.92 Å². The number of aromatic amines is 1. The Hall–Kier alpha value is -2.96. The second-order valence-corrected chi connectivity index (χ2v) is 5.88. The van der Waals surface area contributed by atoms with Crippen LogP contribution in [0.25, 0.3) is 11.2 Å². The van der Waals surface area contributed by atoms with Crippen molar-refractivity contribution in [3.8, 4) is 0 Å². The Morgan fingerprint density at radius 1 is 1.00 bits per heavy atom. The van der Waals surface area contributed by atoms with E-state index in [2.05, 4.69) is 29.7 Å². The van der Waals surface area contributed by atoms with Crippen LogP contribution in [0.1, 0.15) is 17.3 Å². The summed E-state index contributed by atoms with van der Waals surface area (Å²) in [5, 5.41) is 0. The molecule has 1 aliphatic rings. The van der Waals surface area contributed by atoms with Crippen LogP contribution < -0.4 is 9.80 Å². The van der Waals surface area contributed by atoms with E-state index < -0.39 is 0 Å². The second-order valence-electron chi connectivity index (χ2n) is 5.88. The van der Waals surface area contributed by atoms with Crippen molar-refractivity contribution in [2.75, 3.05) is 36.0 Å². The summed E-state index contributed by atoms with van der Waals surface area (Å²) in [7, 11) is 0. The highest BCUT2D eigenvalue weighted by molar-refractivity contribution is 5.94. The minimum atomic E-state index is 0.0960. The SMILES string of the molecule is CC(=O)c1ccc(N2CCN(c3ncnc4nc[nH]c34)CC2)cc1. The van der Waals surface area contributed by atoms with Crippen molar-refractivity contribution < 1.29 is 4.79 Å². The molecule has 0 saturated carbocycles. The van der Waals surface area contributed by atoms with E-state index >= 15 is 0 Å². The van der Waals surface area contributed by atoms with Gasteiger partial charge in [-0.2, -0.15) is 0 Å². The number of hydrogen-bond donors (Lipinski definition) is 1. The molecule has 1 fully saturated rings. The molecule has 7 nitrogen and oxygen atoms in total. The normalized spacial score (nSPS) is 15.0. The van der Waals surface area contributed by atoms with E-state index in [4.69, 9.17) is 0 Å². The highest BCUT2D eigenvalue weighted by Crippen LogP contribution is 2.23. The molecular weight excluding hydrogens is 304 g/mol. The molecular formula is C17H18N6O. The second kappa shape index (κ2) is 5.92. The van der Waals surface area contributed by atoms with Crippen LogP contribution in [0.5, 0.6) is 0 Å². The number of Topliss-reactive ketones (excluding diaryl/α,β-unsaturated/α-hetero) is 1. The number of benzene rings is 1. The number of nitrogens with one attached hydrogen (secondary N) is 1. The number of ketones is 1. The molecule has 0 spiro atoms. The molecule has 1 aliphatic heterocycles. The van der Waals surface area contributed by atoms with Gasteiger partial charge in [-0.1, -0.05) is 0 Å². The minimum Gasteiger partial charge on any atom is -0.368 e. The molecule has 0 unspecified atom stereocenters. The fourth-order valence-electron chi connectivity index (χ4n) is 3.08. The smallest absolute Gasteiger partial charge is 0.182 e. The van der Waals surface area contributed by atoms with Crippen LogP contribution >= 0.6 is 0 Å². The summed E-state index contributed by atoms with van der Waals surface area (Å²) < 4.78 is 0. The van der Waals surface area contributed by atoms with Gasteiger partial charge >= 0.3 is 0 Å². The van der Waals surface area contributed by atoms with Crippen molar-refractivity contribution >= 4 is 28.5 Å². The van der Waals surface area contributed by atoms with Gasteiger partial charge in [-0.05, 0) is 31.2 Å². The first kappa shape index (κ1) is 14.6. The zero-order valence-electron chi connectivity index (χ0n) is 13.4. The van der Waals surface area contributed by atoms with Crippen molar-refractivity contribution in [2.24, 2.45) is 0 Å². The lowest BCUT2D eigenvalue weighted by atomic mass is 10.1. The maximum atomic E-state index is 11.4. The Morgan fingerprint density at radius 2 is 1.71 bits per heavy atom. The third-order valence-electron chi connectivity index (χ3n) is 4.42. The molecule has 1 aromatic carbocycles. The van der Waals surface area contributed by atoms with E-state index in [1.807, 2.05) is 24.3 Å². The molecule has 1 N–H and O–H groups in total. The summed E-state index contributed by atoms with van der Waals surface area (Å²) in [6.07, 6.45) is 3.21. The first-order valence-electron chi connectivity index (χ1n) is 7.97. The third kappa shape index (κ3) is 2.58. The number of rotatable bonds is 3. The van der Waals surface area contributed by atoms with Crippen molar-refractivity contribution in [3.63, 3.8) is 0 Å². The zero-order valence-corrected chi connectivity index (χ0v) is 13.4. The van der Waals surface area contributed by atoms with Crippen LogP contribution in [0, 0.1) is 0 Å². The minimum absolute atomic E-state index is 0.0960. The van der Waals surface area contributed by atoms with E-state index in [1.54, 1.807) is 19.6 Å². The van der Waals surface area contributed by atoms with Gasteiger partial charge in [0.05, 0.1) is 6.33 Å². The standard InChI is InChI=1S/C17H18N6O/c1-12(24)13-2-4-14(5-3-13)22-6-8-23(9-7-22)17-15-16(19-10-18-15)20-11-21-17/h2-5,10-11H,6-9H2,1H3,(H,18,19,20,21). The molecule has 1 saturated heterocycles. The average molecular weight is 322 g/mol. The van der Waals surface area contributed by atoms with Crippen LogP contribution in [0.15, 0.2) is 36.9 Å². The summed E-state index contributed by atoms with van der Waals surface area (Å²) in [5.74, 6) is 1.00. The third-order valence-corrected chi connectivity index (χ3v) is 4.42. The van der Waals surface area contributed by atoms with Crippen molar-refractivity contribution in [3.05, 3.63) is 42.5 Å². The van der Waals surface area contributed by atoms with Crippen LogP contribution in [-0.4, -0.2) is 51.9 Å². The van der Waals surface area contributed by atoms with Crippen LogP contribution in [0.4, 0.5) is 11.5 Å². The van der Waals surface area contributed by atoms with Gasteiger partial charge in [0.1, 0.15) is 11.8 Å². The molecule has 4 rings (SSSR count). The van der Waals surface area contributed by atoms with Crippen LogP contribution in [-0.2, 0) is 0 Å². The van der Waals surface area contributed by atoms with Crippen molar-refractivity contribution in [1.29, 1.82) is 0 Å². The Labute approximate surface area is 139 Å². The van der Waals surface area contributed by atoms with E-state index in [0.29, 0.717) is 5.65 Å². The van der Waals surface area contributed by atoms with Gasteiger partial charge in [-0.3, -0.25) is 4.79 Å². The number of carbonyl (C=O) groups excluding carboxylic acids is 1. The molecule has 24 heavy (non-hydrogen) atoms. The number of aromatic nitrogens is 4. The number of carbonyl (C=O) groups is 1. The highest BCUT2D eigenvalue weighted by Gasteiger charge is 2.21. The number of hydrogen-bond acceptors (Lipinski definition) is 6. The van der Waals surface area contributed by atoms with Gasteiger partial charge in [0.2, 0.25) is 0 Å². The van der Waals surface area contributed by atoms with Gasteiger partial charge in [0.25, 0.3) is 0 Å². The van der Waals surface area contributed by atoms with E-state index in [1.165, 1.54) is 0 Å². The van der Waals surface area contributed by atoms with E-state index in [0.717, 1.165) is 48.8 Å². The van der Waals surface area contributed by atoms with E-state index in [-0.39, 0.29) is 5.78 Å². The number of anilines is 2. The Bertz CT molecular complexity index is 864. The predicted octanol–water partition coefficient (Wildman–Crippen LogP) is 1.88. The fourth-order valence-corrected chi connectivity index (χ4v) is 3.08. The number of nitrogens with zero attached hydrogens (tertiary/aromatic N) is 5. The van der Waals surface area contributed by atoms with Gasteiger partial charge in [-0.15, -0.1) is 0 Å². The molecule has 3 heterocycles. The first-order chi connectivity index (χ1) is 11.7. The maximum Gasteiger partial charge on any atom is 0.182 e. The predicted molar refractivity (Wildman–Crippen MR) is 92.6 cm³/mol. The molecule has 0 amide bonds. The number of fused-ring (bicyclic) bond motifs is 1. The topological polar surface area (TPSA) is 78.0 Å². The highest BCUT2D eigenvalue weighted by atomic mass is 16.1.